The van der Waals surface area contributed by atoms with Crippen molar-refractivity contribution >= 4 is 0 Å². The highest BCUT2D eigenvalue weighted by Crippen LogP contribution is 2.13. The van der Waals surface area contributed by atoms with Gasteiger partial charge < -0.3 is 10.1 Å². The van der Waals surface area contributed by atoms with Gasteiger partial charge in [-0.3, -0.25) is 0 Å². The minimum atomic E-state index is -0.226. The molecule has 0 aromatic heterocycles. The topological polar surface area (TPSA) is 21.3 Å². The van der Waals surface area contributed by atoms with Crippen molar-refractivity contribution in [3.63, 3.8) is 0 Å². The third-order valence-electron chi connectivity index (χ3n) is 2.43. The van der Waals surface area contributed by atoms with Crippen LogP contribution in [0.3, 0.4) is 0 Å². The van der Waals surface area contributed by atoms with Crippen molar-refractivity contribution in [3.05, 3.63) is 30.1 Å². The van der Waals surface area contributed by atoms with Crippen LogP contribution in [0.4, 0.5) is 4.39 Å². The highest BCUT2D eigenvalue weighted by molar-refractivity contribution is 5.22. The van der Waals surface area contributed by atoms with Gasteiger partial charge in [-0.2, -0.15) is 0 Å². The van der Waals surface area contributed by atoms with Gasteiger partial charge in [0, 0.05) is 6.04 Å². The van der Waals surface area contributed by atoms with Crippen molar-refractivity contribution in [1.29, 1.82) is 0 Å². The fourth-order valence-corrected chi connectivity index (χ4v) is 1.63. The first-order valence-electron chi connectivity index (χ1n) is 4.96. The van der Waals surface area contributed by atoms with Crippen LogP contribution in [0.1, 0.15) is 12.8 Å². The van der Waals surface area contributed by atoms with Crippen LogP contribution in [0.25, 0.3) is 0 Å². The summed E-state index contributed by atoms with van der Waals surface area (Å²) < 4.78 is 18.1. The molecule has 1 aliphatic heterocycles. The Balaban J connectivity index is 1.82. The van der Waals surface area contributed by atoms with E-state index >= 15 is 0 Å². The lowest BCUT2D eigenvalue weighted by molar-refractivity contribution is 0.277. The summed E-state index contributed by atoms with van der Waals surface area (Å²) in [6.45, 7) is 1.75. The predicted molar refractivity (Wildman–Crippen MR) is 52.9 cm³/mol. The largest absolute Gasteiger partial charge is 0.492 e. The van der Waals surface area contributed by atoms with Crippen LogP contribution >= 0.6 is 0 Å². The molecule has 1 fully saturated rings. The van der Waals surface area contributed by atoms with E-state index in [1.165, 1.54) is 25.0 Å². The van der Waals surface area contributed by atoms with Gasteiger partial charge in [0.05, 0.1) is 0 Å². The minimum Gasteiger partial charge on any atom is -0.492 e. The standard InChI is InChI=1S/C11H14FNO/c12-9-3-5-11(6-4-9)14-8-10-2-1-7-13-10/h3-6,10,13H,1-2,7-8H2/t10-/m1/s1. The summed E-state index contributed by atoms with van der Waals surface area (Å²) in [6, 6.07) is 6.60. The highest BCUT2D eigenvalue weighted by Gasteiger charge is 2.14. The average Bonchev–Trinajstić information content (AvgIpc) is 2.70. The Morgan fingerprint density at radius 2 is 2.14 bits per heavy atom. The second-order valence-electron chi connectivity index (χ2n) is 3.56. The normalized spacial score (nSPS) is 21.1. The summed E-state index contributed by atoms with van der Waals surface area (Å²) >= 11 is 0. The first kappa shape index (κ1) is 9.46. The molecular weight excluding hydrogens is 181 g/mol. The summed E-state index contributed by atoms with van der Waals surface area (Å²) in [6.07, 6.45) is 2.39. The first-order valence-corrected chi connectivity index (χ1v) is 4.96. The number of rotatable bonds is 3. The molecule has 2 nitrogen and oxygen atoms in total. The molecule has 1 heterocycles. The molecule has 0 spiro atoms. The Labute approximate surface area is 83.1 Å². The van der Waals surface area contributed by atoms with Crippen molar-refractivity contribution in [1.82, 2.24) is 5.32 Å². The zero-order chi connectivity index (χ0) is 9.80. The Morgan fingerprint density at radius 3 is 2.79 bits per heavy atom. The minimum absolute atomic E-state index is 0.226. The average molecular weight is 195 g/mol. The smallest absolute Gasteiger partial charge is 0.123 e. The molecule has 3 heteroatoms. The first-order chi connectivity index (χ1) is 6.84. The van der Waals surface area contributed by atoms with E-state index in [0.29, 0.717) is 12.6 Å². The molecule has 1 aromatic rings. The lowest BCUT2D eigenvalue weighted by Crippen LogP contribution is -2.28. The molecule has 76 valence electrons. The van der Waals surface area contributed by atoms with Crippen LogP contribution < -0.4 is 10.1 Å². The molecular formula is C11H14FNO. The van der Waals surface area contributed by atoms with Crippen LogP contribution in [-0.2, 0) is 0 Å². The van der Waals surface area contributed by atoms with Gasteiger partial charge in [-0.05, 0) is 43.7 Å². The molecule has 2 rings (SSSR count). The second kappa shape index (κ2) is 4.42. The molecule has 1 aliphatic rings. The lowest BCUT2D eigenvalue weighted by atomic mass is 10.2. The van der Waals surface area contributed by atoms with Crippen molar-refractivity contribution in [2.45, 2.75) is 18.9 Å². The molecule has 1 saturated heterocycles. The monoisotopic (exact) mass is 195 g/mol. The number of nitrogens with one attached hydrogen (secondary N) is 1. The second-order valence-corrected chi connectivity index (χ2v) is 3.56. The van der Waals surface area contributed by atoms with E-state index in [0.717, 1.165) is 12.3 Å². The van der Waals surface area contributed by atoms with Crippen molar-refractivity contribution in [3.8, 4) is 5.75 Å². The third kappa shape index (κ3) is 2.45. The maximum absolute atomic E-state index is 12.6. The summed E-state index contributed by atoms with van der Waals surface area (Å²) in [4.78, 5) is 0. The Kier molecular flexibility index (Phi) is 2.99. The lowest BCUT2D eigenvalue weighted by Gasteiger charge is -2.11. The van der Waals surface area contributed by atoms with Gasteiger partial charge in [-0.15, -0.1) is 0 Å². The van der Waals surface area contributed by atoms with Crippen molar-refractivity contribution < 1.29 is 9.13 Å². The van der Waals surface area contributed by atoms with Crippen LogP contribution in [0.15, 0.2) is 24.3 Å². The summed E-state index contributed by atoms with van der Waals surface area (Å²) in [5, 5.41) is 3.34. The molecule has 0 amide bonds. The SMILES string of the molecule is Fc1ccc(OC[C@H]2CCCN2)cc1. The molecule has 0 aliphatic carbocycles. The molecule has 14 heavy (non-hydrogen) atoms. The Hall–Kier alpha value is -1.09. The van der Waals surface area contributed by atoms with E-state index in [1.54, 1.807) is 12.1 Å². The van der Waals surface area contributed by atoms with E-state index in [4.69, 9.17) is 4.74 Å². The molecule has 0 radical (unpaired) electrons. The number of ether oxygens (including phenoxy) is 1. The van der Waals surface area contributed by atoms with Gasteiger partial charge >= 0.3 is 0 Å². The summed E-state index contributed by atoms with van der Waals surface area (Å²) in [7, 11) is 0. The molecule has 1 aromatic carbocycles. The number of benzene rings is 1. The van der Waals surface area contributed by atoms with Crippen molar-refractivity contribution in [2.75, 3.05) is 13.2 Å². The zero-order valence-electron chi connectivity index (χ0n) is 8.00. The summed E-state index contributed by atoms with van der Waals surface area (Å²) in [5.41, 5.74) is 0. The fourth-order valence-electron chi connectivity index (χ4n) is 1.63. The zero-order valence-corrected chi connectivity index (χ0v) is 8.00. The van der Waals surface area contributed by atoms with Crippen LogP contribution in [0.2, 0.25) is 0 Å². The Bertz CT molecular complexity index is 280. The number of halogens is 1. The predicted octanol–water partition coefficient (Wildman–Crippen LogP) is 1.96. The van der Waals surface area contributed by atoms with Crippen LogP contribution in [-0.4, -0.2) is 19.2 Å². The molecule has 1 atom stereocenters. The maximum Gasteiger partial charge on any atom is 0.123 e. The highest BCUT2D eigenvalue weighted by atomic mass is 19.1. The van der Waals surface area contributed by atoms with Crippen LogP contribution in [0, 0.1) is 5.82 Å². The fraction of sp³-hybridized carbons (Fsp3) is 0.455. The van der Waals surface area contributed by atoms with Crippen LogP contribution in [0.5, 0.6) is 5.75 Å². The molecule has 0 saturated carbocycles. The van der Waals surface area contributed by atoms with E-state index in [-0.39, 0.29) is 5.82 Å². The van der Waals surface area contributed by atoms with E-state index < -0.39 is 0 Å². The number of hydrogen-bond acceptors (Lipinski definition) is 2. The van der Waals surface area contributed by atoms with Gasteiger partial charge in [0.1, 0.15) is 18.2 Å². The maximum atomic E-state index is 12.6. The van der Waals surface area contributed by atoms with Gasteiger partial charge in [-0.25, -0.2) is 4.39 Å². The van der Waals surface area contributed by atoms with E-state index in [2.05, 4.69) is 5.32 Å². The van der Waals surface area contributed by atoms with Gasteiger partial charge in [0.25, 0.3) is 0 Å². The Morgan fingerprint density at radius 1 is 1.36 bits per heavy atom. The third-order valence-corrected chi connectivity index (χ3v) is 2.43. The van der Waals surface area contributed by atoms with E-state index in [1.807, 2.05) is 0 Å². The van der Waals surface area contributed by atoms with Gasteiger partial charge in [0.15, 0.2) is 0 Å². The number of hydrogen-bond donors (Lipinski definition) is 1. The van der Waals surface area contributed by atoms with Gasteiger partial charge in [-0.1, -0.05) is 0 Å². The molecule has 1 N–H and O–H groups in total. The summed E-state index contributed by atoms with van der Waals surface area (Å²) in [5.74, 6) is 0.511. The quantitative estimate of drug-likeness (QED) is 0.796. The van der Waals surface area contributed by atoms with E-state index in [9.17, 15) is 4.39 Å². The molecule has 0 unspecified atom stereocenters. The van der Waals surface area contributed by atoms with Gasteiger partial charge in [0.2, 0.25) is 0 Å². The molecule has 0 bridgehead atoms. The van der Waals surface area contributed by atoms with Crippen molar-refractivity contribution in [2.24, 2.45) is 0 Å².